The second-order valence-electron chi connectivity index (χ2n) is 3.86. The van der Waals surface area contributed by atoms with E-state index in [0.717, 1.165) is 17.9 Å². The van der Waals surface area contributed by atoms with Crippen LogP contribution in [0.5, 0.6) is 0 Å². The number of hydrogen-bond acceptors (Lipinski definition) is 1. The molecule has 1 fully saturated rings. The van der Waals surface area contributed by atoms with Crippen LogP contribution >= 0.6 is 24.0 Å². The Hall–Kier alpha value is -0.240. The number of benzene rings is 1. The molecule has 2 N–H and O–H groups in total. The molecule has 1 nitrogen and oxygen atoms in total. The molecule has 14 heavy (non-hydrogen) atoms. The highest BCUT2D eigenvalue weighted by atomic mass is 35.5. The third-order valence-corrected chi connectivity index (χ3v) is 3.40. The Kier molecular flexibility index (Phi) is 3.46. The molecule has 1 aromatic rings. The molecule has 1 saturated carbocycles. The van der Waals surface area contributed by atoms with E-state index < -0.39 is 0 Å². The average Bonchev–Trinajstić information content (AvgIpc) is 2.80. The second-order valence-corrected chi connectivity index (χ2v) is 4.27. The van der Waals surface area contributed by atoms with Crippen molar-refractivity contribution in [3.8, 4) is 0 Å². The van der Waals surface area contributed by atoms with Crippen LogP contribution in [0.25, 0.3) is 0 Å². The van der Waals surface area contributed by atoms with E-state index in [4.69, 9.17) is 17.3 Å². The molecule has 0 aliphatic heterocycles. The van der Waals surface area contributed by atoms with Crippen molar-refractivity contribution < 1.29 is 0 Å². The molecule has 78 valence electrons. The lowest BCUT2D eigenvalue weighted by Crippen LogP contribution is -2.22. The van der Waals surface area contributed by atoms with Gasteiger partial charge in [0.05, 0.1) is 0 Å². The summed E-state index contributed by atoms with van der Waals surface area (Å²) < 4.78 is 0. The molecule has 1 aliphatic rings. The highest BCUT2D eigenvalue weighted by molar-refractivity contribution is 6.31. The first-order valence-electron chi connectivity index (χ1n) is 4.70. The van der Waals surface area contributed by atoms with Gasteiger partial charge in [0.15, 0.2) is 0 Å². The number of hydrogen-bond donors (Lipinski definition) is 1. The van der Waals surface area contributed by atoms with Gasteiger partial charge in [0.2, 0.25) is 0 Å². The molecule has 0 bridgehead atoms. The van der Waals surface area contributed by atoms with Crippen molar-refractivity contribution >= 4 is 24.0 Å². The SMILES string of the molecule is CC[C@]1(N)C[C@@H]1c1ccccc1Cl.Cl. The van der Waals surface area contributed by atoms with Gasteiger partial charge in [-0.15, -0.1) is 12.4 Å². The van der Waals surface area contributed by atoms with Gasteiger partial charge in [-0.25, -0.2) is 0 Å². The third-order valence-electron chi connectivity index (χ3n) is 3.06. The lowest BCUT2D eigenvalue weighted by atomic mass is 10.1. The van der Waals surface area contributed by atoms with Crippen molar-refractivity contribution in [1.82, 2.24) is 0 Å². The van der Waals surface area contributed by atoms with E-state index in [1.807, 2.05) is 18.2 Å². The van der Waals surface area contributed by atoms with Gasteiger partial charge >= 0.3 is 0 Å². The monoisotopic (exact) mass is 231 g/mol. The Bertz CT molecular complexity index is 327. The van der Waals surface area contributed by atoms with E-state index in [-0.39, 0.29) is 17.9 Å². The second kappa shape index (κ2) is 4.09. The Morgan fingerprint density at radius 1 is 1.50 bits per heavy atom. The number of nitrogens with two attached hydrogens (primary N) is 1. The zero-order valence-electron chi connectivity index (χ0n) is 8.16. The van der Waals surface area contributed by atoms with E-state index in [2.05, 4.69) is 13.0 Å². The predicted molar refractivity (Wildman–Crippen MR) is 63.3 cm³/mol. The molecule has 0 saturated heterocycles. The first kappa shape index (κ1) is 11.8. The van der Waals surface area contributed by atoms with Crippen LogP contribution in [-0.4, -0.2) is 5.54 Å². The van der Waals surface area contributed by atoms with Gasteiger partial charge in [-0.1, -0.05) is 36.7 Å². The van der Waals surface area contributed by atoms with E-state index in [1.54, 1.807) is 0 Å². The minimum Gasteiger partial charge on any atom is -0.325 e. The summed E-state index contributed by atoms with van der Waals surface area (Å²) in [5.41, 5.74) is 7.37. The van der Waals surface area contributed by atoms with Gasteiger partial charge in [0.25, 0.3) is 0 Å². The van der Waals surface area contributed by atoms with E-state index in [9.17, 15) is 0 Å². The van der Waals surface area contributed by atoms with Gasteiger partial charge in [-0.3, -0.25) is 0 Å². The fourth-order valence-corrected chi connectivity index (χ4v) is 2.16. The summed E-state index contributed by atoms with van der Waals surface area (Å²) in [7, 11) is 0. The molecule has 2 rings (SSSR count). The van der Waals surface area contributed by atoms with Gasteiger partial charge in [0, 0.05) is 16.5 Å². The molecule has 1 aliphatic carbocycles. The molecule has 0 unspecified atom stereocenters. The highest BCUT2D eigenvalue weighted by Crippen LogP contribution is 2.52. The molecule has 1 aromatic carbocycles. The maximum atomic E-state index is 6.13. The summed E-state index contributed by atoms with van der Waals surface area (Å²) in [6, 6.07) is 8.00. The smallest absolute Gasteiger partial charge is 0.0441 e. The summed E-state index contributed by atoms with van der Waals surface area (Å²) in [4.78, 5) is 0. The third kappa shape index (κ3) is 1.90. The molecule has 0 amide bonds. The summed E-state index contributed by atoms with van der Waals surface area (Å²) in [6.45, 7) is 2.14. The van der Waals surface area contributed by atoms with Crippen molar-refractivity contribution in [3.63, 3.8) is 0 Å². The quantitative estimate of drug-likeness (QED) is 0.831. The van der Waals surface area contributed by atoms with Crippen LogP contribution in [0.2, 0.25) is 5.02 Å². The molecule has 3 heteroatoms. The van der Waals surface area contributed by atoms with Gasteiger partial charge in [-0.05, 0) is 24.5 Å². The summed E-state index contributed by atoms with van der Waals surface area (Å²) >= 11 is 6.09. The fourth-order valence-electron chi connectivity index (χ4n) is 1.89. The maximum Gasteiger partial charge on any atom is 0.0441 e. The first-order chi connectivity index (χ1) is 6.17. The molecule has 0 spiro atoms. The highest BCUT2D eigenvalue weighted by Gasteiger charge is 2.50. The van der Waals surface area contributed by atoms with Gasteiger partial charge < -0.3 is 5.73 Å². The van der Waals surface area contributed by atoms with Crippen molar-refractivity contribution in [3.05, 3.63) is 34.9 Å². The minimum atomic E-state index is 0. The van der Waals surface area contributed by atoms with E-state index in [0.29, 0.717) is 5.92 Å². The van der Waals surface area contributed by atoms with Crippen LogP contribution in [0.15, 0.2) is 24.3 Å². The van der Waals surface area contributed by atoms with Gasteiger partial charge in [-0.2, -0.15) is 0 Å². The average molecular weight is 232 g/mol. The zero-order chi connectivity index (χ0) is 9.47. The lowest BCUT2D eigenvalue weighted by molar-refractivity contribution is 0.626. The molecule has 0 heterocycles. The van der Waals surface area contributed by atoms with Crippen LogP contribution in [0.1, 0.15) is 31.2 Å². The molecular weight excluding hydrogens is 217 g/mol. The van der Waals surface area contributed by atoms with Crippen LogP contribution < -0.4 is 5.73 Å². The van der Waals surface area contributed by atoms with Crippen molar-refractivity contribution in [2.24, 2.45) is 5.73 Å². The maximum absolute atomic E-state index is 6.13. The Morgan fingerprint density at radius 3 is 2.64 bits per heavy atom. The molecule has 2 atom stereocenters. The van der Waals surface area contributed by atoms with Crippen molar-refractivity contribution in [2.45, 2.75) is 31.2 Å². The number of rotatable bonds is 2. The summed E-state index contributed by atoms with van der Waals surface area (Å²) in [5, 5.41) is 0.855. The summed E-state index contributed by atoms with van der Waals surface area (Å²) in [5.74, 6) is 0.478. The lowest BCUT2D eigenvalue weighted by Gasteiger charge is -2.08. The Morgan fingerprint density at radius 2 is 2.14 bits per heavy atom. The molecule has 0 radical (unpaired) electrons. The largest absolute Gasteiger partial charge is 0.325 e. The topological polar surface area (TPSA) is 26.0 Å². The molecule has 0 aromatic heterocycles. The van der Waals surface area contributed by atoms with Crippen LogP contribution in [0.4, 0.5) is 0 Å². The van der Waals surface area contributed by atoms with Crippen LogP contribution in [-0.2, 0) is 0 Å². The van der Waals surface area contributed by atoms with Gasteiger partial charge in [0.1, 0.15) is 0 Å². The summed E-state index contributed by atoms with van der Waals surface area (Å²) in [6.07, 6.45) is 2.11. The normalized spacial score (nSPS) is 29.5. The van der Waals surface area contributed by atoms with Crippen molar-refractivity contribution in [1.29, 1.82) is 0 Å². The fraction of sp³-hybridized carbons (Fsp3) is 0.455. The first-order valence-corrected chi connectivity index (χ1v) is 5.08. The van der Waals surface area contributed by atoms with Crippen molar-refractivity contribution in [2.75, 3.05) is 0 Å². The van der Waals surface area contributed by atoms with E-state index in [1.165, 1.54) is 5.56 Å². The van der Waals surface area contributed by atoms with Crippen LogP contribution in [0, 0.1) is 0 Å². The minimum absolute atomic E-state index is 0. The molecular formula is C11H15Cl2N. The zero-order valence-corrected chi connectivity index (χ0v) is 9.74. The van der Waals surface area contributed by atoms with Crippen LogP contribution in [0.3, 0.4) is 0 Å². The predicted octanol–water partition coefficient (Wildman–Crippen LogP) is 3.36. The van der Waals surface area contributed by atoms with E-state index >= 15 is 0 Å². The standard InChI is InChI=1S/C11H14ClN.ClH/c1-2-11(13)7-9(11)8-5-3-4-6-10(8)12;/h3-6,9H,2,7,13H2,1H3;1H/t9-,11+;/m1./s1. The Balaban J connectivity index is 0.000000980. The number of halogens is 2. The Labute approximate surface area is 96.0 Å².